The van der Waals surface area contributed by atoms with E-state index in [1.807, 2.05) is 13.8 Å². The molecule has 0 aromatic carbocycles. The van der Waals surface area contributed by atoms with E-state index in [0.29, 0.717) is 0 Å². The molecule has 0 atom stereocenters. The lowest BCUT2D eigenvalue weighted by Crippen LogP contribution is -2.45. The second-order valence-corrected chi connectivity index (χ2v) is 4.18. The molecular formula is C12H28N2. The van der Waals surface area contributed by atoms with Gasteiger partial charge in [-0.1, -0.05) is 34.6 Å². The van der Waals surface area contributed by atoms with Gasteiger partial charge in [-0.25, -0.2) is 0 Å². The second kappa shape index (κ2) is 8.25. The average molecular weight is 200 g/mol. The Morgan fingerprint density at radius 2 is 1.64 bits per heavy atom. The van der Waals surface area contributed by atoms with Crippen LogP contribution < -0.4 is 0 Å². The van der Waals surface area contributed by atoms with E-state index >= 15 is 0 Å². The highest BCUT2D eigenvalue weighted by molar-refractivity contribution is 4.68. The summed E-state index contributed by atoms with van der Waals surface area (Å²) in [5.41, 5.74) is 0. The van der Waals surface area contributed by atoms with Crippen molar-refractivity contribution in [2.45, 2.75) is 41.0 Å². The highest BCUT2D eigenvalue weighted by Crippen LogP contribution is 2.07. The zero-order chi connectivity index (χ0) is 11.0. The third-order valence-electron chi connectivity index (χ3n) is 2.42. The molecule has 2 heteroatoms. The Kier molecular flexibility index (Phi) is 8.20. The fourth-order valence-corrected chi connectivity index (χ4v) is 1.87. The molecule has 14 heavy (non-hydrogen) atoms. The van der Waals surface area contributed by atoms with E-state index in [-0.39, 0.29) is 0 Å². The summed E-state index contributed by atoms with van der Waals surface area (Å²) in [5.74, 6) is 0.807. The van der Waals surface area contributed by atoms with Crippen molar-refractivity contribution in [2.24, 2.45) is 5.92 Å². The fourth-order valence-electron chi connectivity index (χ4n) is 1.87. The summed E-state index contributed by atoms with van der Waals surface area (Å²) in [7, 11) is 0. The summed E-state index contributed by atoms with van der Waals surface area (Å²) in [6.07, 6.45) is 1.35. The first-order valence-electron chi connectivity index (χ1n) is 6.17. The van der Waals surface area contributed by atoms with Crippen LogP contribution in [0.1, 0.15) is 41.0 Å². The first-order chi connectivity index (χ1) is 6.72. The van der Waals surface area contributed by atoms with Gasteiger partial charge >= 0.3 is 0 Å². The minimum atomic E-state index is 0.807. The quantitative estimate of drug-likeness (QED) is 0.691. The minimum absolute atomic E-state index is 0.807. The van der Waals surface area contributed by atoms with Crippen LogP contribution in [0.15, 0.2) is 0 Å². The summed E-state index contributed by atoms with van der Waals surface area (Å²) in [5, 5.41) is 0. The van der Waals surface area contributed by atoms with Crippen LogP contribution in [0.25, 0.3) is 0 Å². The largest absolute Gasteiger partial charge is 0.291 e. The van der Waals surface area contributed by atoms with Crippen molar-refractivity contribution < 1.29 is 0 Å². The maximum absolute atomic E-state index is 2.57. The zero-order valence-electron chi connectivity index (χ0n) is 10.7. The molecule has 0 radical (unpaired) electrons. The third kappa shape index (κ3) is 5.61. The number of nitrogens with zero attached hydrogens (tertiary/aromatic N) is 2. The van der Waals surface area contributed by atoms with Crippen LogP contribution in [0.3, 0.4) is 0 Å². The standard InChI is InChI=1S/C10H22N2.C2H6/c1-4-11-6-5-7-12(9-11)8-10(2)3;1-2/h10H,4-9H2,1-3H3;1-2H3. The molecule has 0 aliphatic carbocycles. The Bertz CT molecular complexity index is 123. The van der Waals surface area contributed by atoms with Crippen molar-refractivity contribution in [2.75, 3.05) is 32.8 Å². The molecule has 0 aromatic rings. The third-order valence-corrected chi connectivity index (χ3v) is 2.42. The first kappa shape index (κ1) is 13.9. The summed E-state index contributed by atoms with van der Waals surface area (Å²) < 4.78 is 0. The Morgan fingerprint density at radius 1 is 1.07 bits per heavy atom. The van der Waals surface area contributed by atoms with Gasteiger partial charge in [0.15, 0.2) is 0 Å². The van der Waals surface area contributed by atoms with E-state index in [4.69, 9.17) is 0 Å². The Balaban J connectivity index is 0.000000791. The van der Waals surface area contributed by atoms with Gasteiger partial charge in [-0.05, 0) is 18.9 Å². The maximum atomic E-state index is 2.57. The Hall–Kier alpha value is -0.0800. The Labute approximate surface area is 90.3 Å². The van der Waals surface area contributed by atoms with Gasteiger partial charge in [0.25, 0.3) is 0 Å². The van der Waals surface area contributed by atoms with Crippen LogP contribution in [0.2, 0.25) is 0 Å². The summed E-state index contributed by atoms with van der Waals surface area (Å²) in [4.78, 5) is 5.09. The molecule has 0 N–H and O–H groups in total. The van der Waals surface area contributed by atoms with Crippen LogP contribution in [0, 0.1) is 5.92 Å². The number of rotatable bonds is 3. The SMILES string of the molecule is CC.CCN1CCCN(CC(C)C)C1. The van der Waals surface area contributed by atoms with Crippen LogP contribution >= 0.6 is 0 Å². The van der Waals surface area contributed by atoms with Gasteiger partial charge < -0.3 is 0 Å². The van der Waals surface area contributed by atoms with Crippen LogP contribution in [-0.4, -0.2) is 42.6 Å². The number of hydrogen-bond donors (Lipinski definition) is 0. The van der Waals surface area contributed by atoms with Crippen molar-refractivity contribution in [3.05, 3.63) is 0 Å². The normalized spacial score (nSPS) is 19.3. The van der Waals surface area contributed by atoms with Gasteiger partial charge in [0, 0.05) is 19.6 Å². The molecule has 1 aliphatic rings. The topological polar surface area (TPSA) is 6.48 Å². The molecule has 0 bridgehead atoms. The second-order valence-electron chi connectivity index (χ2n) is 4.18. The lowest BCUT2D eigenvalue weighted by Gasteiger charge is -2.35. The van der Waals surface area contributed by atoms with Crippen molar-refractivity contribution in [3.63, 3.8) is 0 Å². The summed E-state index contributed by atoms with van der Waals surface area (Å²) in [6, 6.07) is 0. The van der Waals surface area contributed by atoms with Crippen molar-refractivity contribution in [1.29, 1.82) is 0 Å². The van der Waals surface area contributed by atoms with Gasteiger partial charge in [0.1, 0.15) is 0 Å². The number of hydrogen-bond acceptors (Lipinski definition) is 2. The monoisotopic (exact) mass is 200 g/mol. The average Bonchev–Trinajstić information content (AvgIpc) is 2.20. The van der Waals surface area contributed by atoms with E-state index in [2.05, 4.69) is 30.6 Å². The highest BCUT2D eigenvalue weighted by Gasteiger charge is 2.15. The van der Waals surface area contributed by atoms with E-state index in [9.17, 15) is 0 Å². The van der Waals surface area contributed by atoms with Gasteiger partial charge in [-0.15, -0.1) is 0 Å². The first-order valence-corrected chi connectivity index (χ1v) is 6.17. The lowest BCUT2D eigenvalue weighted by atomic mass is 10.2. The van der Waals surface area contributed by atoms with Gasteiger partial charge in [0.2, 0.25) is 0 Å². The molecule has 1 fully saturated rings. The molecule has 1 rings (SSSR count). The summed E-state index contributed by atoms with van der Waals surface area (Å²) >= 11 is 0. The van der Waals surface area contributed by atoms with Crippen molar-refractivity contribution >= 4 is 0 Å². The summed E-state index contributed by atoms with van der Waals surface area (Å²) in [6.45, 7) is 17.1. The Morgan fingerprint density at radius 3 is 2.14 bits per heavy atom. The molecule has 0 unspecified atom stereocenters. The smallest absolute Gasteiger partial charge is 0.0506 e. The van der Waals surface area contributed by atoms with Crippen LogP contribution in [0.4, 0.5) is 0 Å². The van der Waals surface area contributed by atoms with Crippen molar-refractivity contribution in [1.82, 2.24) is 9.80 Å². The maximum Gasteiger partial charge on any atom is 0.0506 e. The van der Waals surface area contributed by atoms with Crippen molar-refractivity contribution in [3.8, 4) is 0 Å². The van der Waals surface area contributed by atoms with E-state index in [0.717, 1.165) is 5.92 Å². The predicted molar refractivity (Wildman–Crippen MR) is 64.5 cm³/mol. The highest BCUT2D eigenvalue weighted by atomic mass is 15.3. The van der Waals surface area contributed by atoms with E-state index in [1.54, 1.807) is 0 Å². The molecule has 0 saturated carbocycles. The van der Waals surface area contributed by atoms with E-state index in [1.165, 1.54) is 39.3 Å². The molecule has 0 spiro atoms. The molecule has 2 nitrogen and oxygen atoms in total. The molecule has 86 valence electrons. The molecule has 0 amide bonds. The molecule has 0 aromatic heterocycles. The predicted octanol–water partition coefficient (Wildman–Crippen LogP) is 2.65. The molecule has 1 heterocycles. The van der Waals surface area contributed by atoms with E-state index < -0.39 is 0 Å². The van der Waals surface area contributed by atoms with Gasteiger partial charge in [-0.2, -0.15) is 0 Å². The lowest BCUT2D eigenvalue weighted by molar-refractivity contribution is 0.0811. The van der Waals surface area contributed by atoms with Crippen LogP contribution in [-0.2, 0) is 0 Å². The van der Waals surface area contributed by atoms with Crippen LogP contribution in [0.5, 0.6) is 0 Å². The molecular weight excluding hydrogens is 172 g/mol. The zero-order valence-corrected chi connectivity index (χ0v) is 10.7. The molecule has 1 aliphatic heterocycles. The molecule has 1 saturated heterocycles. The minimum Gasteiger partial charge on any atom is -0.291 e. The van der Waals surface area contributed by atoms with Gasteiger partial charge in [0.05, 0.1) is 6.67 Å². The van der Waals surface area contributed by atoms with Gasteiger partial charge in [-0.3, -0.25) is 9.80 Å². The fraction of sp³-hybridized carbons (Fsp3) is 1.00.